The molecule has 0 aliphatic heterocycles. The van der Waals surface area contributed by atoms with Gasteiger partial charge in [0.25, 0.3) is 0 Å². The molecule has 0 aliphatic carbocycles. The van der Waals surface area contributed by atoms with Gasteiger partial charge >= 0.3 is 0 Å². The molecule has 1 aromatic carbocycles. The molecule has 0 radical (unpaired) electrons. The maximum atomic E-state index is 12.2. The number of benzene rings is 1. The number of hydrogen-bond donors (Lipinski definition) is 0. The lowest BCUT2D eigenvalue weighted by Crippen LogP contribution is -2.24. The second-order valence-electron chi connectivity index (χ2n) is 3.72. The van der Waals surface area contributed by atoms with Gasteiger partial charge in [-0.15, -0.1) is 0 Å². The Hall–Kier alpha value is -0.570. The Bertz CT molecular complexity index is 385. The molecule has 17 heavy (non-hydrogen) atoms. The van der Waals surface area contributed by atoms with Crippen LogP contribution in [0, 0.1) is 0 Å². The van der Waals surface area contributed by atoms with Gasteiger partial charge in [-0.05, 0) is 31.5 Å². The molecule has 0 aromatic heterocycles. The Labute approximate surface area is 112 Å². The third kappa shape index (κ3) is 3.98. The van der Waals surface area contributed by atoms with E-state index in [9.17, 15) is 4.79 Å². The van der Waals surface area contributed by atoms with E-state index in [1.807, 2.05) is 13.8 Å². The number of carbonyl (C=O) groups is 1. The summed E-state index contributed by atoms with van der Waals surface area (Å²) in [6, 6.07) is 4.89. The standard InChI is InChI=1S/C13H16Cl2O2/c1-3-5-12(17-4-2)13(16)10-8-9(14)6-7-11(10)15/h6-8,12H,3-5H2,1-2H3. The van der Waals surface area contributed by atoms with Crippen molar-refractivity contribution in [1.29, 1.82) is 0 Å². The van der Waals surface area contributed by atoms with Gasteiger partial charge in [0.05, 0.1) is 5.02 Å². The van der Waals surface area contributed by atoms with Crippen LogP contribution in [0.4, 0.5) is 0 Å². The van der Waals surface area contributed by atoms with Crippen LogP contribution in [0.25, 0.3) is 0 Å². The number of Topliss-reactive ketones (excluding diaryl/α,β-unsaturated/α-hetero) is 1. The molecule has 1 rings (SSSR count). The Morgan fingerprint density at radius 1 is 1.35 bits per heavy atom. The van der Waals surface area contributed by atoms with Crippen molar-refractivity contribution in [3.63, 3.8) is 0 Å². The molecule has 2 nitrogen and oxygen atoms in total. The van der Waals surface area contributed by atoms with Crippen LogP contribution >= 0.6 is 23.2 Å². The van der Waals surface area contributed by atoms with E-state index < -0.39 is 6.10 Å². The highest BCUT2D eigenvalue weighted by atomic mass is 35.5. The van der Waals surface area contributed by atoms with Crippen molar-refractivity contribution >= 4 is 29.0 Å². The van der Waals surface area contributed by atoms with Gasteiger partial charge in [0, 0.05) is 17.2 Å². The van der Waals surface area contributed by atoms with Crippen LogP contribution in [0.5, 0.6) is 0 Å². The average Bonchev–Trinajstić information content (AvgIpc) is 2.31. The van der Waals surface area contributed by atoms with Crippen LogP contribution in [-0.4, -0.2) is 18.5 Å². The van der Waals surface area contributed by atoms with Crippen LogP contribution in [0.3, 0.4) is 0 Å². The summed E-state index contributed by atoms with van der Waals surface area (Å²) in [6.45, 7) is 4.39. The highest BCUT2D eigenvalue weighted by molar-refractivity contribution is 6.36. The predicted molar refractivity (Wildman–Crippen MR) is 71.1 cm³/mol. The van der Waals surface area contributed by atoms with Crippen molar-refractivity contribution in [2.45, 2.75) is 32.8 Å². The monoisotopic (exact) mass is 274 g/mol. The Kier molecular flexibility index (Phi) is 5.96. The summed E-state index contributed by atoms with van der Waals surface area (Å²) in [5, 5.41) is 0.921. The molecule has 94 valence electrons. The normalized spacial score (nSPS) is 12.5. The van der Waals surface area contributed by atoms with Crippen LogP contribution < -0.4 is 0 Å². The smallest absolute Gasteiger partial charge is 0.193 e. The van der Waals surface area contributed by atoms with E-state index in [1.165, 1.54) is 0 Å². The molecule has 0 saturated heterocycles. The van der Waals surface area contributed by atoms with Crippen LogP contribution in [0.1, 0.15) is 37.0 Å². The van der Waals surface area contributed by atoms with Gasteiger partial charge < -0.3 is 4.74 Å². The van der Waals surface area contributed by atoms with Crippen LogP contribution in [0.2, 0.25) is 10.0 Å². The maximum Gasteiger partial charge on any atom is 0.193 e. The molecule has 0 heterocycles. The molecule has 0 aliphatic rings. The van der Waals surface area contributed by atoms with Gasteiger partial charge in [0.1, 0.15) is 6.10 Å². The lowest BCUT2D eigenvalue weighted by atomic mass is 10.0. The minimum atomic E-state index is -0.430. The van der Waals surface area contributed by atoms with Crippen molar-refractivity contribution in [3.05, 3.63) is 33.8 Å². The first kappa shape index (κ1) is 14.5. The summed E-state index contributed by atoms with van der Waals surface area (Å²) >= 11 is 11.9. The van der Waals surface area contributed by atoms with Crippen molar-refractivity contribution in [2.75, 3.05) is 6.61 Å². The number of ketones is 1. The molecule has 1 unspecified atom stereocenters. The number of halogens is 2. The Morgan fingerprint density at radius 3 is 2.65 bits per heavy atom. The average molecular weight is 275 g/mol. The first-order chi connectivity index (χ1) is 8.10. The predicted octanol–water partition coefficient (Wildman–Crippen LogP) is 4.38. The zero-order chi connectivity index (χ0) is 12.8. The largest absolute Gasteiger partial charge is 0.370 e. The molecular weight excluding hydrogens is 259 g/mol. The lowest BCUT2D eigenvalue weighted by molar-refractivity contribution is 0.0423. The van der Waals surface area contributed by atoms with E-state index in [-0.39, 0.29) is 5.78 Å². The van der Waals surface area contributed by atoms with Gasteiger partial charge in [-0.1, -0.05) is 36.5 Å². The van der Waals surface area contributed by atoms with Crippen LogP contribution in [0.15, 0.2) is 18.2 Å². The Morgan fingerprint density at radius 2 is 2.06 bits per heavy atom. The first-order valence-electron chi connectivity index (χ1n) is 5.71. The minimum absolute atomic E-state index is 0.0961. The molecule has 0 amide bonds. The van der Waals surface area contributed by atoms with E-state index in [4.69, 9.17) is 27.9 Å². The fourth-order valence-electron chi connectivity index (χ4n) is 1.61. The fourth-order valence-corrected chi connectivity index (χ4v) is 2.00. The molecule has 1 aromatic rings. The molecule has 0 fully saturated rings. The molecule has 0 bridgehead atoms. The summed E-state index contributed by atoms with van der Waals surface area (Å²) in [7, 11) is 0. The van der Waals surface area contributed by atoms with Crippen molar-refractivity contribution in [2.24, 2.45) is 0 Å². The number of carbonyl (C=O) groups excluding carboxylic acids is 1. The van der Waals surface area contributed by atoms with Gasteiger partial charge in [-0.2, -0.15) is 0 Å². The van der Waals surface area contributed by atoms with E-state index in [2.05, 4.69) is 0 Å². The second kappa shape index (κ2) is 7.00. The summed E-state index contributed by atoms with van der Waals surface area (Å²) in [4.78, 5) is 12.2. The second-order valence-corrected chi connectivity index (χ2v) is 4.56. The molecule has 0 spiro atoms. The Balaban J connectivity index is 2.95. The lowest BCUT2D eigenvalue weighted by Gasteiger charge is -2.15. The zero-order valence-electron chi connectivity index (χ0n) is 10.0. The number of ether oxygens (including phenoxy) is 1. The van der Waals surface area contributed by atoms with E-state index in [0.29, 0.717) is 28.6 Å². The molecule has 0 N–H and O–H groups in total. The summed E-state index contributed by atoms with van der Waals surface area (Å²) in [5.74, 6) is -0.0961. The van der Waals surface area contributed by atoms with Gasteiger partial charge in [0.15, 0.2) is 5.78 Å². The SMILES string of the molecule is CCCC(OCC)C(=O)c1cc(Cl)ccc1Cl. The molecule has 4 heteroatoms. The topological polar surface area (TPSA) is 26.3 Å². The van der Waals surface area contributed by atoms with Crippen molar-refractivity contribution in [3.8, 4) is 0 Å². The first-order valence-corrected chi connectivity index (χ1v) is 6.46. The van der Waals surface area contributed by atoms with E-state index in [0.717, 1.165) is 6.42 Å². The molecular formula is C13H16Cl2O2. The van der Waals surface area contributed by atoms with Crippen LogP contribution in [-0.2, 0) is 4.74 Å². The summed E-state index contributed by atoms with van der Waals surface area (Å²) in [5.41, 5.74) is 0.436. The third-order valence-corrected chi connectivity index (χ3v) is 2.97. The van der Waals surface area contributed by atoms with E-state index >= 15 is 0 Å². The number of hydrogen-bond acceptors (Lipinski definition) is 2. The third-order valence-electron chi connectivity index (χ3n) is 2.41. The van der Waals surface area contributed by atoms with E-state index in [1.54, 1.807) is 18.2 Å². The molecule has 1 atom stereocenters. The van der Waals surface area contributed by atoms with Crippen molar-refractivity contribution in [1.82, 2.24) is 0 Å². The van der Waals surface area contributed by atoms with Crippen molar-refractivity contribution < 1.29 is 9.53 Å². The van der Waals surface area contributed by atoms with Gasteiger partial charge in [-0.3, -0.25) is 4.79 Å². The zero-order valence-corrected chi connectivity index (χ0v) is 11.5. The maximum absolute atomic E-state index is 12.2. The highest BCUT2D eigenvalue weighted by Crippen LogP contribution is 2.23. The number of rotatable bonds is 6. The highest BCUT2D eigenvalue weighted by Gasteiger charge is 2.21. The summed E-state index contributed by atoms with van der Waals surface area (Å²) in [6.07, 6.45) is 1.14. The fraction of sp³-hybridized carbons (Fsp3) is 0.462. The quantitative estimate of drug-likeness (QED) is 0.720. The molecule has 0 saturated carbocycles. The van der Waals surface area contributed by atoms with Gasteiger partial charge in [-0.25, -0.2) is 0 Å². The summed E-state index contributed by atoms with van der Waals surface area (Å²) < 4.78 is 5.44. The van der Waals surface area contributed by atoms with Gasteiger partial charge in [0.2, 0.25) is 0 Å². The minimum Gasteiger partial charge on any atom is -0.370 e.